The highest BCUT2D eigenvalue weighted by atomic mass is 16.7. The Bertz CT molecular complexity index is 277. The van der Waals surface area contributed by atoms with Crippen molar-refractivity contribution in [3.05, 3.63) is 0 Å². The molecule has 2 amide bonds. The minimum Gasteiger partial charge on any atom is -0.274 e. The van der Waals surface area contributed by atoms with Crippen LogP contribution in [-0.4, -0.2) is 48.2 Å². The molecule has 0 N–H and O–H groups in total. The Kier molecular flexibility index (Phi) is 3.11. The first-order valence-corrected chi connectivity index (χ1v) is 5.45. The molecule has 0 spiro atoms. The molecule has 6 nitrogen and oxygen atoms in total. The zero-order valence-corrected chi connectivity index (χ0v) is 9.51. The van der Waals surface area contributed by atoms with E-state index in [9.17, 15) is 9.59 Å². The number of hydrogen-bond donors (Lipinski definition) is 0. The molecule has 0 aromatic rings. The SMILES string of the molecule is CON1C(=O)C(=O)N(OC)[C@H]2CCCC[C@H]21. The molecular weight excluding hydrogens is 212 g/mol. The van der Waals surface area contributed by atoms with E-state index in [1.165, 1.54) is 24.3 Å². The van der Waals surface area contributed by atoms with Gasteiger partial charge in [0, 0.05) is 0 Å². The minimum absolute atomic E-state index is 0.0797. The predicted molar refractivity (Wildman–Crippen MR) is 53.8 cm³/mol. The van der Waals surface area contributed by atoms with E-state index in [1.54, 1.807) is 0 Å². The molecular formula is C10H16N2O4. The minimum atomic E-state index is -0.646. The highest BCUT2D eigenvalue weighted by Gasteiger charge is 2.48. The van der Waals surface area contributed by atoms with Gasteiger partial charge in [0.25, 0.3) is 0 Å². The highest BCUT2D eigenvalue weighted by Crippen LogP contribution is 2.31. The molecule has 2 atom stereocenters. The lowest BCUT2D eigenvalue weighted by atomic mass is 9.88. The Balaban J connectivity index is 2.27. The molecule has 2 rings (SSSR count). The van der Waals surface area contributed by atoms with Crippen LogP contribution in [0.3, 0.4) is 0 Å². The number of nitrogens with zero attached hydrogens (tertiary/aromatic N) is 2. The van der Waals surface area contributed by atoms with Crippen LogP contribution in [0.4, 0.5) is 0 Å². The largest absolute Gasteiger partial charge is 0.338 e. The zero-order valence-electron chi connectivity index (χ0n) is 9.51. The van der Waals surface area contributed by atoms with E-state index in [0.717, 1.165) is 25.7 Å². The number of rotatable bonds is 2. The molecule has 1 saturated heterocycles. The fourth-order valence-corrected chi connectivity index (χ4v) is 2.57. The molecule has 1 aliphatic carbocycles. The summed E-state index contributed by atoms with van der Waals surface area (Å²) in [7, 11) is 2.83. The van der Waals surface area contributed by atoms with Crippen molar-refractivity contribution in [1.29, 1.82) is 0 Å². The van der Waals surface area contributed by atoms with Crippen LogP contribution in [0.5, 0.6) is 0 Å². The summed E-state index contributed by atoms with van der Waals surface area (Å²) in [5.41, 5.74) is 0. The summed E-state index contributed by atoms with van der Waals surface area (Å²) < 4.78 is 0. The van der Waals surface area contributed by atoms with Crippen LogP contribution < -0.4 is 0 Å². The van der Waals surface area contributed by atoms with Crippen molar-refractivity contribution in [2.24, 2.45) is 0 Å². The van der Waals surface area contributed by atoms with Gasteiger partial charge in [0.2, 0.25) is 0 Å². The van der Waals surface area contributed by atoms with Crippen LogP contribution in [0, 0.1) is 0 Å². The highest BCUT2D eigenvalue weighted by molar-refractivity contribution is 6.35. The van der Waals surface area contributed by atoms with Gasteiger partial charge in [0.15, 0.2) is 0 Å². The van der Waals surface area contributed by atoms with Crippen LogP contribution in [-0.2, 0) is 19.3 Å². The third-order valence-corrected chi connectivity index (χ3v) is 3.27. The molecule has 1 saturated carbocycles. The summed E-state index contributed by atoms with van der Waals surface area (Å²) in [5.74, 6) is -1.29. The van der Waals surface area contributed by atoms with Gasteiger partial charge in [-0.15, -0.1) is 0 Å². The van der Waals surface area contributed by atoms with E-state index < -0.39 is 11.8 Å². The molecule has 0 unspecified atom stereocenters. The lowest BCUT2D eigenvalue weighted by Gasteiger charge is -2.45. The third kappa shape index (κ3) is 1.58. The molecule has 90 valence electrons. The zero-order chi connectivity index (χ0) is 11.7. The maximum absolute atomic E-state index is 11.7. The number of carbonyl (C=O) groups excluding carboxylic acids is 2. The van der Waals surface area contributed by atoms with Gasteiger partial charge >= 0.3 is 11.8 Å². The van der Waals surface area contributed by atoms with Crippen LogP contribution >= 0.6 is 0 Å². The molecule has 1 heterocycles. The average Bonchev–Trinajstić information content (AvgIpc) is 2.31. The fraction of sp³-hybridized carbons (Fsp3) is 0.800. The second-order valence-corrected chi connectivity index (χ2v) is 4.05. The van der Waals surface area contributed by atoms with E-state index in [2.05, 4.69) is 0 Å². The molecule has 0 aromatic heterocycles. The van der Waals surface area contributed by atoms with E-state index in [4.69, 9.17) is 9.68 Å². The maximum Gasteiger partial charge on any atom is 0.338 e. The second kappa shape index (κ2) is 4.39. The Labute approximate surface area is 94.0 Å². The van der Waals surface area contributed by atoms with E-state index >= 15 is 0 Å². The van der Waals surface area contributed by atoms with Gasteiger partial charge in [0.1, 0.15) is 0 Å². The number of hydroxylamine groups is 4. The third-order valence-electron chi connectivity index (χ3n) is 3.27. The lowest BCUT2D eigenvalue weighted by molar-refractivity contribution is -0.251. The Morgan fingerprint density at radius 1 is 0.938 bits per heavy atom. The van der Waals surface area contributed by atoms with Crippen molar-refractivity contribution in [2.45, 2.75) is 37.8 Å². The Hall–Kier alpha value is -1.14. The first-order chi connectivity index (χ1) is 7.70. The average molecular weight is 228 g/mol. The standard InChI is InChI=1S/C10H16N2O4/c1-15-11-7-5-3-4-6-8(7)12(16-2)10(14)9(11)13/h7-8H,3-6H2,1-2H3/t7-,8+. The molecule has 6 heteroatoms. The number of hydrogen-bond acceptors (Lipinski definition) is 4. The van der Waals surface area contributed by atoms with Crippen molar-refractivity contribution in [3.8, 4) is 0 Å². The van der Waals surface area contributed by atoms with Gasteiger partial charge < -0.3 is 0 Å². The summed E-state index contributed by atoms with van der Waals surface area (Å²) in [4.78, 5) is 33.5. The topological polar surface area (TPSA) is 59.1 Å². The number of fused-ring (bicyclic) bond motifs is 1. The predicted octanol–water partition coefficient (Wildman–Crippen LogP) is 0.0912. The quantitative estimate of drug-likeness (QED) is 0.628. The Morgan fingerprint density at radius 2 is 1.31 bits per heavy atom. The summed E-state index contributed by atoms with van der Waals surface area (Å²) in [5, 5.41) is 2.39. The smallest absolute Gasteiger partial charge is 0.274 e. The van der Waals surface area contributed by atoms with Gasteiger partial charge in [-0.1, -0.05) is 12.8 Å². The number of amides is 2. The van der Waals surface area contributed by atoms with Crippen molar-refractivity contribution in [2.75, 3.05) is 14.2 Å². The van der Waals surface area contributed by atoms with Crippen LogP contribution in [0.15, 0.2) is 0 Å². The van der Waals surface area contributed by atoms with Crippen molar-refractivity contribution < 1.29 is 19.3 Å². The molecule has 0 bridgehead atoms. The monoisotopic (exact) mass is 228 g/mol. The Morgan fingerprint density at radius 3 is 1.62 bits per heavy atom. The molecule has 16 heavy (non-hydrogen) atoms. The lowest BCUT2D eigenvalue weighted by Crippen LogP contribution is -2.64. The first-order valence-electron chi connectivity index (χ1n) is 5.45. The molecule has 1 aliphatic heterocycles. The maximum atomic E-state index is 11.7. The molecule has 2 fully saturated rings. The van der Waals surface area contributed by atoms with Crippen molar-refractivity contribution in [1.82, 2.24) is 10.1 Å². The van der Waals surface area contributed by atoms with Gasteiger partial charge in [-0.2, -0.15) is 0 Å². The molecule has 0 aromatic carbocycles. The van der Waals surface area contributed by atoms with Crippen molar-refractivity contribution >= 4 is 11.8 Å². The first kappa shape index (κ1) is 11.3. The summed E-state index contributed by atoms with van der Waals surface area (Å²) in [6, 6.07) is -0.159. The van der Waals surface area contributed by atoms with Crippen LogP contribution in [0.25, 0.3) is 0 Å². The molecule has 0 radical (unpaired) electrons. The summed E-state index contributed by atoms with van der Waals surface area (Å²) >= 11 is 0. The van der Waals surface area contributed by atoms with Gasteiger partial charge in [-0.05, 0) is 12.8 Å². The summed E-state index contributed by atoms with van der Waals surface area (Å²) in [6.45, 7) is 0. The van der Waals surface area contributed by atoms with E-state index in [1.807, 2.05) is 0 Å². The van der Waals surface area contributed by atoms with Gasteiger partial charge in [0.05, 0.1) is 26.3 Å². The van der Waals surface area contributed by atoms with E-state index in [0.29, 0.717) is 0 Å². The second-order valence-electron chi connectivity index (χ2n) is 4.05. The van der Waals surface area contributed by atoms with Gasteiger partial charge in [-0.25, -0.2) is 10.1 Å². The fourth-order valence-electron chi connectivity index (χ4n) is 2.57. The van der Waals surface area contributed by atoms with Crippen molar-refractivity contribution in [3.63, 3.8) is 0 Å². The number of piperazine rings is 1. The van der Waals surface area contributed by atoms with Crippen LogP contribution in [0.1, 0.15) is 25.7 Å². The summed E-state index contributed by atoms with van der Waals surface area (Å²) in [6.07, 6.45) is 3.77. The van der Waals surface area contributed by atoms with E-state index in [-0.39, 0.29) is 12.1 Å². The van der Waals surface area contributed by atoms with Gasteiger partial charge in [-0.3, -0.25) is 19.3 Å². The normalized spacial score (nSPS) is 30.6. The molecule has 2 aliphatic rings. The van der Waals surface area contributed by atoms with Crippen LogP contribution in [0.2, 0.25) is 0 Å². The number of carbonyl (C=O) groups is 2.